The van der Waals surface area contributed by atoms with Crippen LogP contribution in [0.3, 0.4) is 0 Å². The van der Waals surface area contributed by atoms with E-state index in [-0.39, 0.29) is 12.3 Å². The second-order valence-corrected chi connectivity index (χ2v) is 5.14. The summed E-state index contributed by atoms with van der Waals surface area (Å²) in [5.74, 6) is -1.02. The van der Waals surface area contributed by atoms with Gasteiger partial charge in [-0.25, -0.2) is 9.78 Å². The number of piperazine rings is 1. The number of hydrogen-bond donors (Lipinski definition) is 2. The van der Waals surface area contributed by atoms with Gasteiger partial charge in [0.05, 0.1) is 12.3 Å². The van der Waals surface area contributed by atoms with Gasteiger partial charge in [0.1, 0.15) is 5.65 Å². The maximum absolute atomic E-state index is 10.9. The van der Waals surface area contributed by atoms with Crippen molar-refractivity contribution >= 4 is 17.3 Å². The van der Waals surface area contributed by atoms with Crippen LogP contribution in [0.4, 0.5) is 5.69 Å². The molecule has 0 unspecified atom stereocenters. The lowest BCUT2D eigenvalue weighted by molar-refractivity contribution is 0.0691. The minimum atomic E-state index is -1.02. The van der Waals surface area contributed by atoms with Crippen LogP contribution in [-0.4, -0.2) is 69.8 Å². The third kappa shape index (κ3) is 2.84. The standard InChI is InChI=1S/C14H18N4O3/c19-8-7-16-3-5-17(6-4-16)11-1-2-13-15-12(14(20)21)10-18(13)9-11/h1-2,9-10,19H,3-8H2,(H,20,21). The van der Waals surface area contributed by atoms with E-state index >= 15 is 0 Å². The third-order valence-corrected chi connectivity index (χ3v) is 3.81. The number of nitrogens with zero attached hydrogens (tertiary/aromatic N) is 4. The highest BCUT2D eigenvalue weighted by molar-refractivity contribution is 5.86. The van der Waals surface area contributed by atoms with E-state index in [1.807, 2.05) is 18.3 Å². The van der Waals surface area contributed by atoms with E-state index < -0.39 is 5.97 Å². The molecule has 0 spiro atoms. The molecule has 2 aromatic rings. The Bertz CT molecular complexity index is 647. The second-order valence-electron chi connectivity index (χ2n) is 5.14. The van der Waals surface area contributed by atoms with Gasteiger partial charge < -0.3 is 19.5 Å². The average molecular weight is 290 g/mol. The fourth-order valence-corrected chi connectivity index (χ4v) is 2.64. The summed E-state index contributed by atoms with van der Waals surface area (Å²) >= 11 is 0. The molecule has 0 bridgehead atoms. The maximum Gasteiger partial charge on any atom is 0.356 e. The molecule has 0 radical (unpaired) electrons. The Labute approximate surface area is 122 Å². The van der Waals surface area contributed by atoms with Crippen molar-refractivity contribution in [2.45, 2.75) is 0 Å². The van der Waals surface area contributed by atoms with E-state index in [4.69, 9.17) is 10.2 Å². The largest absolute Gasteiger partial charge is 0.476 e. The van der Waals surface area contributed by atoms with Crippen LogP contribution in [-0.2, 0) is 0 Å². The molecule has 2 aromatic heterocycles. The first-order valence-corrected chi connectivity index (χ1v) is 6.97. The molecule has 0 amide bonds. The molecular weight excluding hydrogens is 272 g/mol. The number of aromatic carboxylic acids is 1. The van der Waals surface area contributed by atoms with Crippen LogP contribution in [0.1, 0.15) is 10.5 Å². The minimum absolute atomic E-state index is 0.0555. The fourth-order valence-electron chi connectivity index (χ4n) is 2.64. The Balaban J connectivity index is 1.77. The normalized spacial score (nSPS) is 16.5. The molecule has 1 aliphatic heterocycles. The Morgan fingerprint density at radius 3 is 2.62 bits per heavy atom. The predicted octanol–water partition coefficient (Wildman–Crippen LogP) is 0.147. The number of carbonyl (C=O) groups is 1. The van der Waals surface area contributed by atoms with Crippen molar-refractivity contribution in [1.29, 1.82) is 0 Å². The van der Waals surface area contributed by atoms with E-state index in [0.717, 1.165) is 38.4 Å². The first-order chi connectivity index (χ1) is 10.2. The van der Waals surface area contributed by atoms with Crippen LogP contribution in [0.5, 0.6) is 0 Å². The summed E-state index contributed by atoms with van der Waals surface area (Å²) in [5, 5.41) is 17.9. The number of aromatic nitrogens is 2. The number of hydrogen-bond acceptors (Lipinski definition) is 5. The number of aliphatic hydroxyl groups is 1. The zero-order valence-corrected chi connectivity index (χ0v) is 11.6. The van der Waals surface area contributed by atoms with Gasteiger partial charge in [0.2, 0.25) is 0 Å². The molecule has 0 aromatic carbocycles. The highest BCUT2D eigenvalue weighted by Crippen LogP contribution is 2.18. The van der Waals surface area contributed by atoms with Gasteiger partial charge in [0.15, 0.2) is 5.69 Å². The number of carboxylic acid groups (broad SMARTS) is 1. The van der Waals surface area contributed by atoms with E-state index in [1.54, 1.807) is 4.40 Å². The van der Waals surface area contributed by atoms with Gasteiger partial charge in [0.25, 0.3) is 0 Å². The lowest BCUT2D eigenvalue weighted by Crippen LogP contribution is -2.47. The molecule has 3 rings (SSSR count). The highest BCUT2D eigenvalue weighted by Gasteiger charge is 2.17. The van der Waals surface area contributed by atoms with Crippen molar-refractivity contribution in [2.75, 3.05) is 44.2 Å². The number of carboxylic acids is 1. The predicted molar refractivity (Wildman–Crippen MR) is 77.9 cm³/mol. The van der Waals surface area contributed by atoms with Crippen LogP contribution >= 0.6 is 0 Å². The molecule has 2 N–H and O–H groups in total. The first-order valence-electron chi connectivity index (χ1n) is 6.97. The molecule has 0 saturated carbocycles. The van der Waals surface area contributed by atoms with Crippen LogP contribution in [0.25, 0.3) is 5.65 Å². The van der Waals surface area contributed by atoms with Gasteiger partial charge in [-0.15, -0.1) is 0 Å². The molecule has 7 nitrogen and oxygen atoms in total. The smallest absolute Gasteiger partial charge is 0.356 e. The Hall–Kier alpha value is -2.12. The maximum atomic E-state index is 10.9. The number of anilines is 1. The summed E-state index contributed by atoms with van der Waals surface area (Å²) in [6, 6.07) is 3.80. The van der Waals surface area contributed by atoms with Crippen LogP contribution < -0.4 is 4.90 Å². The van der Waals surface area contributed by atoms with Gasteiger partial charge in [-0.1, -0.05) is 0 Å². The molecule has 21 heavy (non-hydrogen) atoms. The minimum Gasteiger partial charge on any atom is -0.476 e. The quantitative estimate of drug-likeness (QED) is 0.834. The van der Waals surface area contributed by atoms with Crippen molar-refractivity contribution in [1.82, 2.24) is 14.3 Å². The van der Waals surface area contributed by atoms with Gasteiger partial charge in [0, 0.05) is 45.1 Å². The molecule has 112 valence electrons. The second kappa shape index (κ2) is 5.71. The van der Waals surface area contributed by atoms with E-state index in [0.29, 0.717) is 5.65 Å². The zero-order chi connectivity index (χ0) is 14.8. The monoisotopic (exact) mass is 290 g/mol. The fraction of sp³-hybridized carbons (Fsp3) is 0.429. The summed E-state index contributed by atoms with van der Waals surface area (Å²) in [5.41, 5.74) is 1.75. The molecule has 1 saturated heterocycles. The molecule has 3 heterocycles. The average Bonchev–Trinajstić information content (AvgIpc) is 2.91. The van der Waals surface area contributed by atoms with Crippen molar-refractivity contribution in [3.63, 3.8) is 0 Å². The molecular formula is C14H18N4O3. The number of imidazole rings is 1. The summed E-state index contributed by atoms with van der Waals surface area (Å²) in [7, 11) is 0. The number of rotatable bonds is 4. The van der Waals surface area contributed by atoms with Crippen molar-refractivity contribution < 1.29 is 15.0 Å². The topological polar surface area (TPSA) is 81.3 Å². The summed E-state index contributed by atoms with van der Waals surface area (Å²) in [4.78, 5) is 19.5. The summed E-state index contributed by atoms with van der Waals surface area (Å²) in [6.45, 7) is 4.54. The van der Waals surface area contributed by atoms with E-state index in [9.17, 15) is 4.79 Å². The zero-order valence-electron chi connectivity index (χ0n) is 11.6. The molecule has 7 heteroatoms. The molecule has 1 aliphatic rings. The molecule has 0 atom stereocenters. The highest BCUT2D eigenvalue weighted by atomic mass is 16.4. The number of fused-ring (bicyclic) bond motifs is 1. The van der Waals surface area contributed by atoms with E-state index in [1.165, 1.54) is 6.20 Å². The number of β-amino-alcohol motifs (C(OH)–C–C–N with tert-alkyl or cyclic N) is 1. The SMILES string of the molecule is O=C(O)c1cn2cc(N3CCN(CCO)CC3)ccc2n1. The van der Waals surface area contributed by atoms with Crippen LogP contribution in [0, 0.1) is 0 Å². The number of aliphatic hydroxyl groups excluding tert-OH is 1. The summed E-state index contributed by atoms with van der Waals surface area (Å²) in [6.07, 6.45) is 3.44. The van der Waals surface area contributed by atoms with Crippen LogP contribution in [0.15, 0.2) is 24.5 Å². The number of pyridine rings is 1. The Morgan fingerprint density at radius 2 is 1.95 bits per heavy atom. The third-order valence-electron chi connectivity index (χ3n) is 3.81. The first kappa shape index (κ1) is 13.8. The Morgan fingerprint density at radius 1 is 1.19 bits per heavy atom. The molecule has 0 aliphatic carbocycles. The van der Waals surface area contributed by atoms with Crippen molar-refractivity contribution in [2.24, 2.45) is 0 Å². The molecule has 1 fully saturated rings. The van der Waals surface area contributed by atoms with Gasteiger partial charge in [-0.05, 0) is 12.1 Å². The van der Waals surface area contributed by atoms with Gasteiger partial charge in [-0.2, -0.15) is 0 Å². The van der Waals surface area contributed by atoms with E-state index in [2.05, 4.69) is 14.8 Å². The Kier molecular flexibility index (Phi) is 3.76. The van der Waals surface area contributed by atoms with Crippen LogP contribution in [0.2, 0.25) is 0 Å². The lowest BCUT2D eigenvalue weighted by atomic mass is 10.2. The van der Waals surface area contributed by atoms with Crippen molar-refractivity contribution in [3.8, 4) is 0 Å². The lowest BCUT2D eigenvalue weighted by Gasteiger charge is -2.35. The van der Waals surface area contributed by atoms with Crippen molar-refractivity contribution in [3.05, 3.63) is 30.2 Å². The summed E-state index contributed by atoms with van der Waals surface area (Å²) < 4.78 is 1.75. The van der Waals surface area contributed by atoms with Gasteiger partial charge in [-0.3, -0.25) is 4.90 Å². The van der Waals surface area contributed by atoms with Gasteiger partial charge >= 0.3 is 5.97 Å².